The monoisotopic (exact) mass is 452 g/mol. The van der Waals surface area contributed by atoms with Gasteiger partial charge < -0.3 is 20.3 Å². The molecule has 1 aromatic carbocycles. The second-order valence-electron chi connectivity index (χ2n) is 8.39. The van der Waals surface area contributed by atoms with Crippen LogP contribution in [0.2, 0.25) is 0 Å². The molecule has 2 aromatic heterocycles. The van der Waals surface area contributed by atoms with E-state index in [0.717, 1.165) is 24.1 Å². The van der Waals surface area contributed by atoms with E-state index in [1.54, 1.807) is 24.8 Å². The first-order valence-corrected chi connectivity index (χ1v) is 10.8. The predicted octanol–water partition coefficient (Wildman–Crippen LogP) is 2.11. The topological polar surface area (TPSA) is 115 Å². The number of aryl methyl sites for hydroxylation is 1. The number of anilines is 2. The van der Waals surface area contributed by atoms with Gasteiger partial charge in [-0.25, -0.2) is 9.37 Å². The summed E-state index contributed by atoms with van der Waals surface area (Å²) in [5, 5.41) is 12.8. The second kappa shape index (κ2) is 7.98. The first kappa shape index (κ1) is 21.1. The summed E-state index contributed by atoms with van der Waals surface area (Å²) in [4.78, 5) is 21.5. The molecule has 1 fully saturated rings. The molecular weight excluding hydrogens is 427 g/mol. The molecule has 3 aromatic rings. The number of carbonyl (C=O) groups excluding carboxylic acids is 1. The molecule has 0 spiro atoms. The van der Waals surface area contributed by atoms with Crippen LogP contribution >= 0.6 is 0 Å². The number of ether oxygens (including phenoxy) is 1. The van der Waals surface area contributed by atoms with Crippen molar-refractivity contribution >= 4 is 17.5 Å². The van der Waals surface area contributed by atoms with Crippen molar-refractivity contribution in [2.45, 2.75) is 25.8 Å². The number of nitrogen functional groups attached to an aromatic ring is 1. The molecule has 33 heavy (non-hydrogen) atoms. The fourth-order valence-corrected chi connectivity index (χ4v) is 4.50. The minimum Gasteiger partial charge on any atom is -0.491 e. The summed E-state index contributed by atoms with van der Waals surface area (Å²) in [6.07, 6.45) is 1.66. The average Bonchev–Trinajstić information content (AvgIpc) is 3.39. The number of aromatic nitrogens is 5. The number of likely N-dealkylation sites (N-methyl/N-ethyl adjacent to an activating group) is 1. The Morgan fingerprint density at radius 2 is 2.03 bits per heavy atom. The highest BCUT2D eigenvalue weighted by molar-refractivity contribution is 5.98. The van der Waals surface area contributed by atoms with Crippen LogP contribution in [0.3, 0.4) is 0 Å². The maximum absolute atomic E-state index is 14.3. The fraction of sp³-hybridized carbons (Fsp3) is 0.409. The number of fused-ring (bicyclic) bond motifs is 8. The van der Waals surface area contributed by atoms with Crippen LogP contribution in [0.5, 0.6) is 5.75 Å². The molecule has 4 heterocycles. The normalized spacial score (nSPS) is 18.3. The number of amides is 1. The van der Waals surface area contributed by atoms with Gasteiger partial charge in [-0.15, -0.1) is 10.2 Å². The Morgan fingerprint density at radius 3 is 2.85 bits per heavy atom. The van der Waals surface area contributed by atoms with Crippen molar-refractivity contribution in [1.29, 1.82) is 0 Å². The number of hydrogen-bond donors (Lipinski definition) is 1. The predicted molar refractivity (Wildman–Crippen MR) is 119 cm³/mol. The lowest BCUT2D eigenvalue weighted by Crippen LogP contribution is -2.32. The molecular formula is C22H25FN8O2. The van der Waals surface area contributed by atoms with Crippen molar-refractivity contribution in [3.05, 3.63) is 41.0 Å². The summed E-state index contributed by atoms with van der Waals surface area (Å²) in [7, 11) is 3.45. The van der Waals surface area contributed by atoms with Crippen LogP contribution in [-0.4, -0.2) is 62.5 Å². The highest BCUT2D eigenvalue weighted by Gasteiger charge is 2.33. The van der Waals surface area contributed by atoms with E-state index in [1.807, 2.05) is 11.8 Å². The Morgan fingerprint density at radius 1 is 1.21 bits per heavy atom. The maximum atomic E-state index is 14.3. The van der Waals surface area contributed by atoms with Gasteiger partial charge in [-0.2, -0.15) is 5.10 Å². The second-order valence-corrected chi connectivity index (χ2v) is 8.39. The Kier molecular flexibility index (Phi) is 5.10. The molecule has 2 N–H and O–H groups in total. The molecule has 1 amide bonds. The molecule has 0 unspecified atom stereocenters. The number of nitrogens with zero attached hydrogens (tertiary/aromatic N) is 7. The number of rotatable bonds is 0. The molecule has 10 nitrogen and oxygen atoms in total. The van der Waals surface area contributed by atoms with Crippen molar-refractivity contribution in [3.63, 3.8) is 0 Å². The first-order valence-electron chi connectivity index (χ1n) is 10.8. The van der Waals surface area contributed by atoms with Crippen LogP contribution < -0.4 is 15.4 Å². The van der Waals surface area contributed by atoms with E-state index < -0.39 is 0 Å². The molecule has 0 radical (unpaired) electrons. The van der Waals surface area contributed by atoms with E-state index >= 15 is 0 Å². The van der Waals surface area contributed by atoms with Gasteiger partial charge in [-0.05, 0) is 38.0 Å². The van der Waals surface area contributed by atoms with Gasteiger partial charge in [0.2, 0.25) is 0 Å². The standard InChI is InChI=1S/C22H25FN8O2/c1-12-17-18(28-30(12)3)22(32)29(2)9-10-33-16-7-6-13(23)11-14(16)15-5-4-8-31(15)21-19(24)26-27-20(17)25-21/h6-7,11,15H,4-5,8-10H2,1-3H3,(H2,24,26)/t15-/m1/s1. The Labute approximate surface area is 190 Å². The van der Waals surface area contributed by atoms with Crippen molar-refractivity contribution in [1.82, 2.24) is 29.9 Å². The molecule has 0 saturated carbocycles. The lowest BCUT2D eigenvalue weighted by Gasteiger charge is -2.28. The molecule has 172 valence electrons. The van der Waals surface area contributed by atoms with Crippen LogP contribution in [0, 0.1) is 12.7 Å². The van der Waals surface area contributed by atoms with E-state index in [1.165, 1.54) is 17.0 Å². The van der Waals surface area contributed by atoms with Crippen molar-refractivity contribution < 1.29 is 13.9 Å². The highest BCUT2D eigenvalue weighted by atomic mass is 19.1. The third kappa shape index (κ3) is 3.53. The summed E-state index contributed by atoms with van der Waals surface area (Å²) in [6.45, 7) is 3.09. The highest BCUT2D eigenvalue weighted by Crippen LogP contribution is 2.41. The van der Waals surface area contributed by atoms with Crippen LogP contribution in [0.1, 0.15) is 40.6 Å². The van der Waals surface area contributed by atoms with E-state index in [-0.39, 0.29) is 41.7 Å². The molecule has 2 aliphatic rings. The van der Waals surface area contributed by atoms with E-state index in [0.29, 0.717) is 30.2 Å². The van der Waals surface area contributed by atoms with Gasteiger partial charge in [0.25, 0.3) is 5.91 Å². The zero-order valence-corrected chi connectivity index (χ0v) is 18.7. The SMILES string of the molecule is Cc1c2c(nn1C)C(=O)N(C)CCOc1ccc(F)cc1[C@H]1CCCN1c1nc-2nnc1N. The minimum atomic E-state index is -0.345. The fourth-order valence-electron chi connectivity index (χ4n) is 4.50. The number of benzene rings is 1. The Balaban J connectivity index is 1.72. The molecule has 2 bridgehead atoms. The summed E-state index contributed by atoms with van der Waals surface area (Å²) in [6, 6.07) is 4.31. The molecule has 0 aliphatic carbocycles. The number of hydrogen-bond acceptors (Lipinski definition) is 8. The largest absolute Gasteiger partial charge is 0.491 e. The van der Waals surface area contributed by atoms with Gasteiger partial charge in [0.05, 0.1) is 18.2 Å². The van der Waals surface area contributed by atoms with Gasteiger partial charge >= 0.3 is 0 Å². The number of carbonyl (C=O) groups is 1. The number of halogens is 1. The maximum Gasteiger partial charge on any atom is 0.274 e. The average molecular weight is 452 g/mol. The van der Waals surface area contributed by atoms with Crippen LogP contribution in [0.4, 0.5) is 16.0 Å². The van der Waals surface area contributed by atoms with Crippen molar-refractivity contribution in [2.24, 2.45) is 7.05 Å². The Bertz CT molecular complexity index is 1240. The van der Waals surface area contributed by atoms with E-state index in [4.69, 9.17) is 15.5 Å². The summed E-state index contributed by atoms with van der Waals surface area (Å²) in [5.41, 5.74) is 8.42. The van der Waals surface area contributed by atoms with Gasteiger partial charge in [0, 0.05) is 31.9 Å². The van der Waals surface area contributed by atoms with Gasteiger partial charge in [0.15, 0.2) is 23.2 Å². The van der Waals surface area contributed by atoms with Gasteiger partial charge in [0.1, 0.15) is 18.2 Å². The quantitative estimate of drug-likeness (QED) is 0.551. The van der Waals surface area contributed by atoms with E-state index in [9.17, 15) is 9.18 Å². The van der Waals surface area contributed by atoms with Gasteiger partial charge in [-0.3, -0.25) is 9.48 Å². The zero-order chi connectivity index (χ0) is 23.3. The van der Waals surface area contributed by atoms with Crippen LogP contribution in [-0.2, 0) is 7.05 Å². The summed E-state index contributed by atoms with van der Waals surface area (Å²) >= 11 is 0. The molecule has 1 atom stereocenters. The lowest BCUT2D eigenvalue weighted by molar-refractivity contribution is 0.0767. The Hall–Kier alpha value is -3.76. The van der Waals surface area contributed by atoms with E-state index in [2.05, 4.69) is 15.3 Å². The molecule has 5 rings (SSSR count). The van der Waals surface area contributed by atoms with Crippen LogP contribution in [0.15, 0.2) is 18.2 Å². The summed E-state index contributed by atoms with van der Waals surface area (Å²) in [5.74, 6) is 0.840. The number of nitrogens with two attached hydrogens (primary N) is 1. The molecule has 2 aliphatic heterocycles. The van der Waals surface area contributed by atoms with Gasteiger partial charge in [-0.1, -0.05) is 0 Å². The smallest absolute Gasteiger partial charge is 0.274 e. The zero-order valence-electron chi connectivity index (χ0n) is 18.7. The lowest BCUT2D eigenvalue weighted by atomic mass is 10.0. The summed E-state index contributed by atoms with van der Waals surface area (Å²) < 4.78 is 21.9. The minimum absolute atomic E-state index is 0.170. The third-order valence-electron chi connectivity index (χ3n) is 6.34. The molecule has 1 saturated heterocycles. The first-order chi connectivity index (χ1) is 15.8. The van der Waals surface area contributed by atoms with Crippen molar-refractivity contribution in [2.75, 3.05) is 37.4 Å². The third-order valence-corrected chi connectivity index (χ3v) is 6.34. The molecule has 11 heteroatoms. The van der Waals surface area contributed by atoms with Crippen LogP contribution in [0.25, 0.3) is 11.4 Å². The van der Waals surface area contributed by atoms with Crippen molar-refractivity contribution in [3.8, 4) is 17.1 Å².